The van der Waals surface area contributed by atoms with Crippen molar-refractivity contribution in [3.8, 4) is 28.6 Å². The monoisotopic (exact) mass is 517 g/mol. The van der Waals surface area contributed by atoms with Crippen molar-refractivity contribution < 1.29 is 32.3 Å². The van der Waals surface area contributed by atoms with E-state index in [1.165, 1.54) is 17.0 Å². The van der Waals surface area contributed by atoms with Crippen molar-refractivity contribution in [1.82, 2.24) is 15.0 Å². The quantitative estimate of drug-likeness (QED) is 0.384. The molecule has 1 aliphatic rings. The van der Waals surface area contributed by atoms with Gasteiger partial charge in [-0.05, 0) is 68.0 Å². The lowest BCUT2D eigenvalue weighted by Gasteiger charge is -2.24. The molecule has 1 unspecified atom stereocenters. The number of carbonyl (C=O) groups is 1. The minimum absolute atomic E-state index is 0.0405. The second kappa shape index (κ2) is 10.4. The second-order valence-corrected chi connectivity index (χ2v) is 10.0. The summed E-state index contributed by atoms with van der Waals surface area (Å²) in [6, 6.07) is 9.40. The van der Waals surface area contributed by atoms with E-state index in [4.69, 9.17) is 9.26 Å². The number of aromatic nitrogens is 2. The Balaban J connectivity index is 1.66. The maximum Gasteiger partial charge on any atom is 0.419 e. The van der Waals surface area contributed by atoms with Crippen molar-refractivity contribution >= 4 is 6.09 Å². The fourth-order valence-corrected chi connectivity index (χ4v) is 4.71. The molecule has 1 amide bonds. The van der Waals surface area contributed by atoms with E-state index >= 15 is 0 Å². The van der Waals surface area contributed by atoms with Gasteiger partial charge in [0.2, 0.25) is 5.82 Å². The Hall–Kier alpha value is -3.56. The molecular weight excluding hydrogens is 487 g/mol. The number of hydrogen-bond donors (Lipinski definition) is 1. The van der Waals surface area contributed by atoms with Crippen molar-refractivity contribution in [2.24, 2.45) is 5.92 Å². The third-order valence-electron chi connectivity index (χ3n) is 6.28. The smallest absolute Gasteiger partial charge is 0.419 e. The van der Waals surface area contributed by atoms with Crippen LogP contribution in [0.15, 0.2) is 40.9 Å². The van der Waals surface area contributed by atoms with Crippen molar-refractivity contribution in [3.05, 3.63) is 53.1 Å². The van der Waals surface area contributed by atoms with Crippen molar-refractivity contribution in [2.45, 2.75) is 58.7 Å². The molecular formula is C27H30F3N3O4. The Morgan fingerprint density at radius 2 is 1.89 bits per heavy atom. The van der Waals surface area contributed by atoms with Gasteiger partial charge in [-0.3, -0.25) is 0 Å². The Kier molecular flexibility index (Phi) is 7.47. The normalized spacial score (nSPS) is 16.1. The molecule has 0 saturated heterocycles. The van der Waals surface area contributed by atoms with E-state index in [1.807, 2.05) is 18.2 Å². The number of rotatable bonds is 6. The molecule has 0 bridgehead atoms. The number of fused-ring (bicyclic) bond motifs is 1. The zero-order valence-electron chi connectivity index (χ0n) is 21.2. The number of nitrogens with zero attached hydrogens (tertiary/aromatic N) is 3. The van der Waals surface area contributed by atoms with E-state index in [9.17, 15) is 23.1 Å². The largest absolute Gasteiger partial charge is 0.490 e. The zero-order valence-corrected chi connectivity index (χ0v) is 21.2. The van der Waals surface area contributed by atoms with Crippen LogP contribution in [0.5, 0.6) is 5.75 Å². The molecule has 0 fully saturated rings. The number of amides is 1. The van der Waals surface area contributed by atoms with Gasteiger partial charge >= 0.3 is 12.3 Å². The Morgan fingerprint density at radius 3 is 2.54 bits per heavy atom. The van der Waals surface area contributed by atoms with Crippen LogP contribution in [0.1, 0.15) is 56.7 Å². The van der Waals surface area contributed by atoms with Gasteiger partial charge in [0, 0.05) is 30.1 Å². The molecule has 3 aromatic rings. The summed E-state index contributed by atoms with van der Waals surface area (Å²) in [5, 5.41) is 13.6. The number of benzene rings is 2. The summed E-state index contributed by atoms with van der Waals surface area (Å²) in [6.45, 7) is 8.34. The molecule has 2 aromatic carbocycles. The average Bonchev–Trinajstić information content (AvgIpc) is 3.23. The Bertz CT molecular complexity index is 1270. The summed E-state index contributed by atoms with van der Waals surface area (Å²) in [6.07, 6.45) is -4.58. The number of ether oxygens (including phenoxy) is 1. The van der Waals surface area contributed by atoms with Gasteiger partial charge in [0.1, 0.15) is 5.75 Å². The van der Waals surface area contributed by atoms with Crippen LogP contribution in [0.4, 0.5) is 18.0 Å². The summed E-state index contributed by atoms with van der Waals surface area (Å²) in [4.78, 5) is 17.5. The first-order chi connectivity index (χ1) is 17.4. The van der Waals surface area contributed by atoms with Crippen LogP contribution < -0.4 is 4.74 Å². The van der Waals surface area contributed by atoms with Gasteiger partial charge in [-0.25, -0.2) is 4.79 Å². The molecule has 1 aliphatic heterocycles. The van der Waals surface area contributed by atoms with Crippen LogP contribution in [-0.2, 0) is 12.6 Å². The van der Waals surface area contributed by atoms with Crippen LogP contribution in [-0.4, -0.2) is 45.4 Å². The van der Waals surface area contributed by atoms with Gasteiger partial charge in [0.25, 0.3) is 5.89 Å². The number of alkyl halides is 3. The first kappa shape index (κ1) is 26.5. The van der Waals surface area contributed by atoms with Crippen LogP contribution in [0, 0.1) is 5.92 Å². The van der Waals surface area contributed by atoms with Crippen LogP contribution in [0.2, 0.25) is 0 Å². The third-order valence-corrected chi connectivity index (χ3v) is 6.28. The van der Waals surface area contributed by atoms with Crippen molar-refractivity contribution in [3.63, 3.8) is 0 Å². The fraction of sp³-hybridized carbons (Fsp3) is 0.444. The third kappa shape index (κ3) is 6.06. The summed E-state index contributed by atoms with van der Waals surface area (Å²) < 4.78 is 51.6. The summed E-state index contributed by atoms with van der Waals surface area (Å²) >= 11 is 0. The molecule has 1 N–H and O–H groups in total. The highest BCUT2D eigenvalue weighted by Crippen LogP contribution is 2.39. The molecule has 37 heavy (non-hydrogen) atoms. The Morgan fingerprint density at radius 1 is 1.16 bits per heavy atom. The van der Waals surface area contributed by atoms with Crippen LogP contribution >= 0.6 is 0 Å². The molecule has 0 saturated carbocycles. The van der Waals surface area contributed by atoms with E-state index in [0.717, 1.165) is 23.6 Å². The molecule has 0 aliphatic carbocycles. The SMILES string of the molecule is CC(C)CC1CN(C(=O)O)CCc2cc(-c3noc(-c4ccc(OC(C)C)c(C(F)(F)F)c4)n3)ccc21. The minimum Gasteiger partial charge on any atom is -0.490 e. The van der Waals surface area contributed by atoms with Crippen molar-refractivity contribution in [2.75, 3.05) is 13.1 Å². The number of halogens is 3. The van der Waals surface area contributed by atoms with Crippen LogP contribution in [0.25, 0.3) is 22.8 Å². The summed E-state index contributed by atoms with van der Waals surface area (Å²) in [5.74, 6) is 0.402. The minimum atomic E-state index is -4.61. The van der Waals surface area contributed by atoms with E-state index in [2.05, 4.69) is 24.0 Å². The highest BCUT2D eigenvalue weighted by Gasteiger charge is 2.35. The van der Waals surface area contributed by atoms with Gasteiger partial charge in [-0.2, -0.15) is 18.2 Å². The molecule has 2 heterocycles. The predicted octanol–water partition coefficient (Wildman–Crippen LogP) is 6.88. The number of hydrogen-bond acceptors (Lipinski definition) is 5. The Labute approximate surface area is 213 Å². The van der Waals surface area contributed by atoms with E-state index in [1.54, 1.807) is 13.8 Å². The highest BCUT2D eigenvalue weighted by atomic mass is 19.4. The first-order valence-electron chi connectivity index (χ1n) is 12.3. The highest BCUT2D eigenvalue weighted by molar-refractivity contribution is 5.66. The lowest BCUT2D eigenvalue weighted by atomic mass is 9.86. The first-order valence-corrected chi connectivity index (χ1v) is 12.3. The van der Waals surface area contributed by atoms with Crippen molar-refractivity contribution in [1.29, 1.82) is 0 Å². The molecule has 1 atom stereocenters. The molecule has 1 aromatic heterocycles. The molecule has 198 valence electrons. The summed E-state index contributed by atoms with van der Waals surface area (Å²) in [5.41, 5.74) is 1.97. The lowest BCUT2D eigenvalue weighted by Crippen LogP contribution is -2.33. The lowest BCUT2D eigenvalue weighted by molar-refractivity contribution is -0.139. The van der Waals surface area contributed by atoms with Gasteiger partial charge < -0.3 is 19.3 Å². The fourth-order valence-electron chi connectivity index (χ4n) is 4.71. The molecule has 4 rings (SSSR count). The van der Waals surface area contributed by atoms with E-state index < -0.39 is 23.9 Å². The maximum atomic E-state index is 13.7. The standard InChI is InChI=1S/C27H30F3N3O4/c1-15(2)11-20-14-33(26(34)35)10-9-17-12-18(5-7-21(17)20)24-31-25(37-32-24)19-6-8-23(36-16(3)4)22(13-19)27(28,29)30/h5-8,12-13,15-16,20H,9-11,14H2,1-4H3,(H,34,35). The maximum absolute atomic E-state index is 13.7. The van der Waals surface area contributed by atoms with Crippen LogP contribution in [0.3, 0.4) is 0 Å². The van der Waals surface area contributed by atoms with Gasteiger partial charge in [0.05, 0.1) is 11.7 Å². The topological polar surface area (TPSA) is 88.7 Å². The average molecular weight is 518 g/mol. The van der Waals surface area contributed by atoms with Gasteiger partial charge in [-0.1, -0.05) is 31.1 Å². The second-order valence-electron chi connectivity index (χ2n) is 10.0. The molecule has 10 heteroatoms. The zero-order chi connectivity index (χ0) is 26.9. The molecule has 0 spiro atoms. The predicted molar refractivity (Wildman–Crippen MR) is 131 cm³/mol. The van der Waals surface area contributed by atoms with E-state index in [0.29, 0.717) is 31.0 Å². The van der Waals surface area contributed by atoms with E-state index in [-0.39, 0.29) is 28.9 Å². The molecule has 7 nitrogen and oxygen atoms in total. The number of carboxylic acid groups (broad SMARTS) is 1. The molecule has 0 radical (unpaired) electrons. The summed E-state index contributed by atoms with van der Waals surface area (Å²) in [7, 11) is 0. The van der Waals surface area contributed by atoms with Gasteiger partial charge in [-0.15, -0.1) is 0 Å². The van der Waals surface area contributed by atoms with Gasteiger partial charge in [0.15, 0.2) is 0 Å².